The van der Waals surface area contributed by atoms with Crippen molar-refractivity contribution in [2.75, 3.05) is 13.1 Å². The van der Waals surface area contributed by atoms with Crippen molar-refractivity contribution in [3.8, 4) is 11.1 Å². The molecule has 0 fully saturated rings. The second kappa shape index (κ2) is 5.38. The summed E-state index contributed by atoms with van der Waals surface area (Å²) in [5.74, 6) is 0. The number of benzene rings is 2. The summed E-state index contributed by atoms with van der Waals surface area (Å²) >= 11 is 0. The highest BCUT2D eigenvalue weighted by Gasteiger charge is 2.39. The van der Waals surface area contributed by atoms with Crippen LogP contribution in [-0.4, -0.2) is 23.1 Å². The van der Waals surface area contributed by atoms with Gasteiger partial charge in [0.05, 0.1) is 0 Å². The first-order valence-corrected chi connectivity index (χ1v) is 7.56. The molecular formula is C19H21NO. The molecule has 0 heterocycles. The molecule has 0 spiro atoms. The van der Waals surface area contributed by atoms with E-state index in [1.54, 1.807) is 0 Å². The predicted octanol–water partition coefficient (Wildman–Crippen LogP) is 3.76. The first-order chi connectivity index (χ1) is 10.2. The van der Waals surface area contributed by atoms with Crippen LogP contribution in [0.4, 0.5) is 0 Å². The van der Waals surface area contributed by atoms with E-state index in [-0.39, 0.29) is 0 Å². The lowest BCUT2D eigenvalue weighted by atomic mass is 9.91. The van der Waals surface area contributed by atoms with Crippen molar-refractivity contribution >= 4 is 0 Å². The zero-order valence-corrected chi connectivity index (χ0v) is 12.6. The predicted molar refractivity (Wildman–Crippen MR) is 86.9 cm³/mol. The fourth-order valence-electron chi connectivity index (χ4n) is 3.07. The summed E-state index contributed by atoms with van der Waals surface area (Å²) in [6.45, 7) is 6.11. The molecule has 21 heavy (non-hydrogen) atoms. The average Bonchev–Trinajstić information content (AvgIpc) is 2.79. The lowest BCUT2D eigenvalue weighted by Gasteiger charge is -2.24. The van der Waals surface area contributed by atoms with E-state index >= 15 is 0 Å². The van der Waals surface area contributed by atoms with Crippen molar-refractivity contribution < 1.29 is 5.11 Å². The van der Waals surface area contributed by atoms with E-state index in [9.17, 15) is 5.11 Å². The average molecular weight is 279 g/mol. The Bertz CT molecular complexity index is 625. The van der Waals surface area contributed by atoms with E-state index in [2.05, 4.69) is 30.9 Å². The fourth-order valence-corrected chi connectivity index (χ4v) is 3.07. The first kappa shape index (κ1) is 13.9. The van der Waals surface area contributed by atoms with Crippen LogP contribution >= 0.6 is 0 Å². The summed E-state index contributed by atoms with van der Waals surface area (Å²) in [6.07, 6.45) is 3.93. The molecule has 0 radical (unpaired) electrons. The van der Waals surface area contributed by atoms with Gasteiger partial charge in [-0.05, 0) is 48.4 Å². The van der Waals surface area contributed by atoms with Crippen LogP contribution in [0.2, 0.25) is 0 Å². The second-order valence-corrected chi connectivity index (χ2v) is 5.39. The number of fused-ring (bicyclic) bond motifs is 3. The van der Waals surface area contributed by atoms with Crippen LogP contribution < -0.4 is 0 Å². The van der Waals surface area contributed by atoms with E-state index in [1.807, 2.05) is 48.7 Å². The summed E-state index contributed by atoms with van der Waals surface area (Å²) in [5, 5.41) is 11.3. The Morgan fingerprint density at radius 1 is 0.905 bits per heavy atom. The molecule has 0 aliphatic heterocycles. The van der Waals surface area contributed by atoms with Crippen LogP contribution in [-0.2, 0) is 5.60 Å². The highest BCUT2D eigenvalue weighted by molar-refractivity contribution is 5.81. The van der Waals surface area contributed by atoms with Crippen molar-refractivity contribution in [1.82, 2.24) is 4.90 Å². The molecule has 2 aromatic carbocycles. The Morgan fingerprint density at radius 3 is 1.86 bits per heavy atom. The van der Waals surface area contributed by atoms with Crippen LogP contribution in [0.3, 0.4) is 0 Å². The largest absolute Gasteiger partial charge is 0.378 e. The molecule has 2 heteroatoms. The van der Waals surface area contributed by atoms with Gasteiger partial charge in [-0.3, -0.25) is 0 Å². The Morgan fingerprint density at radius 2 is 1.38 bits per heavy atom. The molecule has 0 atom stereocenters. The lowest BCUT2D eigenvalue weighted by molar-refractivity contribution is 0.137. The van der Waals surface area contributed by atoms with E-state index in [1.165, 1.54) is 0 Å². The molecule has 0 unspecified atom stereocenters. The summed E-state index contributed by atoms with van der Waals surface area (Å²) in [5.41, 5.74) is 3.15. The molecule has 1 aliphatic carbocycles. The molecule has 2 aromatic rings. The number of hydrogen-bond donors (Lipinski definition) is 1. The summed E-state index contributed by atoms with van der Waals surface area (Å²) < 4.78 is 0. The van der Waals surface area contributed by atoms with Gasteiger partial charge in [-0.2, -0.15) is 0 Å². The SMILES string of the molecule is CCN(/C=C\C1(O)c2ccccc2-c2ccccc21)CC. The smallest absolute Gasteiger partial charge is 0.136 e. The minimum absolute atomic E-state index is 0.937. The van der Waals surface area contributed by atoms with Crippen molar-refractivity contribution in [1.29, 1.82) is 0 Å². The van der Waals surface area contributed by atoms with E-state index in [0.717, 1.165) is 35.3 Å². The van der Waals surface area contributed by atoms with Gasteiger partial charge in [0, 0.05) is 13.1 Å². The molecule has 0 amide bonds. The van der Waals surface area contributed by atoms with Crippen molar-refractivity contribution in [3.05, 3.63) is 71.9 Å². The topological polar surface area (TPSA) is 23.5 Å². The first-order valence-electron chi connectivity index (χ1n) is 7.56. The zero-order valence-electron chi connectivity index (χ0n) is 12.6. The van der Waals surface area contributed by atoms with Crippen LogP contribution in [0.25, 0.3) is 11.1 Å². The monoisotopic (exact) mass is 279 g/mol. The summed E-state index contributed by atoms with van der Waals surface area (Å²) in [6, 6.07) is 16.2. The second-order valence-electron chi connectivity index (χ2n) is 5.39. The van der Waals surface area contributed by atoms with E-state index < -0.39 is 5.60 Å². The Labute approximate surface area is 126 Å². The van der Waals surface area contributed by atoms with Crippen LogP contribution in [0, 0.1) is 0 Å². The van der Waals surface area contributed by atoms with Gasteiger partial charge in [0.25, 0.3) is 0 Å². The van der Waals surface area contributed by atoms with Gasteiger partial charge in [-0.1, -0.05) is 48.5 Å². The maximum atomic E-state index is 11.3. The molecule has 3 rings (SSSR count). The molecular weight excluding hydrogens is 258 g/mol. The van der Waals surface area contributed by atoms with Gasteiger partial charge < -0.3 is 10.0 Å². The summed E-state index contributed by atoms with van der Waals surface area (Å²) in [4.78, 5) is 2.18. The Hall–Kier alpha value is -2.06. The molecule has 0 saturated heterocycles. The third-order valence-electron chi connectivity index (χ3n) is 4.30. The molecule has 108 valence electrons. The van der Waals surface area contributed by atoms with Crippen molar-refractivity contribution in [2.45, 2.75) is 19.4 Å². The lowest BCUT2D eigenvalue weighted by Crippen LogP contribution is -2.24. The molecule has 1 aliphatic rings. The third kappa shape index (κ3) is 2.16. The quantitative estimate of drug-likeness (QED) is 0.921. The van der Waals surface area contributed by atoms with E-state index in [0.29, 0.717) is 0 Å². The third-order valence-corrected chi connectivity index (χ3v) is 4.30. The van der Waals surface area contributed by atoms with Gasteiger partial charge in [0.1, 0.15) is 5.60 Å². The van der Waals surface area contributed by atoms with E-state index in [4.69, 9.17) is 0 Å². The number of hydrogen-bond acceptors (Lipinski definition) is 2. The maximum Gasteiger partial charge on any atom is 0.136 e. The van der Waals surface area contributed by atoms with Crippen LogP contribution in [0.15, 0.2) is 60.8 Å². The minimum Gasteiger partial charge on any atom is -0.378 e. The number of aliphatic hydroxyl groups is 1. The van der Waals surface area contributed by atoms with Gasteiger partial charge in [0.2, 0.25) is 0 Å². The normalized spacial score (nSPS) is 15.0. The highest BCUT2D eigenvalue weighted by Crippen LogP contribution is 2.47. The molecule has 1 N–H and O–H groups in total. The van der Waals surface area contributed by atoms with Crippen LogP contribution in [0.5, 0.6) is 0 Å². The number of nitrogens with zero attached hydrogens (tertiary/aromatic N) is 1. The Balaban J connectivity index is 2.13. The number of rotatable bonds is 4. The maximum absolute atomic E-state index is 11.3. The minimum atomic E-state index is -1.03. The van der Waals surface area contributed by atoms with Crippen LogP contribution in [0.1, 0.15) is 25.0 Å². The van der Waals surface area contributed by atoms with Gasteiger partial charge in [0.15, 0.2) is 0 Å². The Kier molecular flexibility index (Phi) is 3.56. The van der Waals surface area contributed by atoms with Crippen molar-refractivity contribution in [3.63, 3.8) is 0 Å². The molecule has 0 saturated carbocycles. The van der Waals surface area contributed by atoms with Gasteiger partial charge >= 0.3 is 0 Å². The molecule has 0 bridgehead atoms. The van der Waals surface area contributed by atoms with Gasteiger partial charge in [-0.25, -0.2) is 0 Å². The van der Waals surface area contributed by atoms with Gasteiger partial charge in [-0.15, -0.1) is 0 Å². The standard InChI is InChI=1S/C19H21NO/c1-3-20(4-2)14-13-19(21)17-11-7-5-9-15(17)16-10-6-8-12-18(16)19/h5-14,21H,3-4H2,1-2H3/b14-13-. The fraction of sp³-hybridized carbons (Fsp3) is 0.263. The molecule has 0 aromatic heterocycles. The molecule has 2 nitrogen and oxygen atoms in total. The zero-order chi connectivity index (χ0) is 14.9. The van der Waals surface area contributed by atoms with Crippen molar-refractivity contribution in [2.24, 2.45) is 0 Å². The summed E-state index contributed by atoms with van der Waals surface area (Å²) in [7, 11) is 0. The highest BCUT2D eigenvalue weighted by atomic mass is 16.3.